The minimum atomic E-state index is -0.110. The first-order chi connectivity index (χ1) is 12.7. The van der Waals surface area contributed by atoms with Gasteiger partial charge in [0, 0.05) is 50.2 Å². The Bertz CT molecular complexity index is 752. The van der Waals surface area contributed by atoms with Crippen molar-refractivity contribution in [2.75, 3.05) is 39.8 Å². The third-order valence-electron chi connectivity index (χ3n) is 4.81. The number of nitriles is 1. The first kappa shape index (κ1) is 18.7. The van der Waals surface area contributed by atoms with E-state index >= 15 is 0 Å². The molecule has 1 aliphatic heterocycles. The molecule has 26 heavy (non-hydrogen) atoms. The van der Waals surface area contributed by atoms with E-state index in [9.17, 15) is 5.26 Å². The largest absolute Gasteiger partial charge is 0.484 e. The van der Waals surface area contributed by atoms with Gasteiger partial charge in [0.25, 0.3) is 0 Å². The van der Waals surface area contributed by atoms with Crippen LogP contribution >= 0.6 is 11.6 Å². The van der Waals surface area contributed by atoms with Gasteiger partial charge in [-0.15, -0.1) is 0 Å². The quantitative estimate of drug-likeness (QED) is 0.772. The maximum Gasteiger partial charge on any atom is 0.139 e. The van der Waals surface area contributed by atoms with E-state index < -0.39 is 0 Å². The zero-order valence-electron chi connectivity index (χ0n) is 15.1. The van der Waals surface area contributed by atoms with Crippen LogP contribution in [0.25, 0.3) is 0 Å². The lowest BCUT2D eigenvalue weighted by molar-refractivity contribution is 0.123. The Morgan fingerprint density at radius 3 is 2.54 bits per heavy atom. The van der Waals surface area contributed by atoms with Gasteiger partial charge in [0.05, 0.1) is 5.56 Å². The number of nitrogens with zero attached hydrogens (tertiary/aromatic N) is 3. The van der Waals surface area contributed by atoms with Crippen LogP contribution in [0.4, 0.5) is 0 Å². The summed E-state index contributed by atoms with van der Waals surface area (Å²) in [6.07, 6.45) is 0.756. The van der Waals surface area contributed by atoms with Crippen molar-refractivity contribution >= 4 is 11.6 Å². The summed E-state index contributed by atoms with van der Waals surface area (Å²) in [5.41, 5.74) is 1.63. The molecule has 0 N–H and O–H groups in total. The Balaban J connectivity index is 1.74. The van der Waals surface area contributed by atoms with Crippen molar-refractivity contribution in [1.29, 1.82) is 5.26 Å². The van der Waals surface area contributed by atoms with Gasteiger partial charge in [-0.1, -0.05) is 41.9 Å². The van der Waals surface area contributed by atoms with Crippen LogP contribution < -0.4 is 4.74 Å². The lowest BCUT2D eigenvalue weighted by Crippen LogP contribution is -2.45. The molecule has 0 unspecified atom stereocenters. The molecule has 0 spiro atoms. The first-order valence-electron chi connectivity index (χ1n) is 8.98. The highest BCUT2D eigenvalue weighted by Crippen LogP contribution is 2.30. The first-order valence-corrected chi connectivity index (χ1v) is 9.35. The van der Waals surface area contributed by atoms with Gasteiger partial charge < -0.3 is 14.5 Å². The van der Waals surface area contributed by atoms with Crippen LogP contribution in [0, 0.1) is 11.3 Å². The Morgan fingerprint density at radius 2 is 1.85 bits per heavy atom. The maximum absolute atomic E-state index is 9.37. The monoisotopic (exact) mass is 369 g/mol. The van der Waals surface area contributed by atoms with Crippen LogP contribution in [-0.4, -0.2) is 49.6 Å². The molecule has 0 radical (unpaired) electrons. The molecule has 1 fully saturated rings. The zero-order chi connectivity index (χ0) is 18.4. The lowest BCUT2D eigenvalue weighted by atomic mass is 10.1. The molecule has 2 aromatic rings. The summed E-state index contributed by atoms with van der Waals surface area (Å²) in [5.74, 6) is 0.548. The average Bonchev–Trinajstić information content (AvgIpc) is 2.67. The van der Waals surface area contributed by atoms with Crippen molar-refractivity contribution in [1.82, 2.24) is 9.80 Å². The highest BCUT2D eigenvalue weighted by atomic mass is 35.5. The smallest absolute Gasteiger partial charge is 0.139 e. The molecule has 1 saturated heterocycles. The van der Waals surface area contributed by atoms with Gasteiger partial charge in [0.2, 0.25) is 0 Å². The third kappa shape index (κ3) is 4.98. The van der Waals surface area contributed by atoms with Crippen molar-refractivity contribution in [2.45, 2.75) is 12.5 Å². The van der Waals surface area contributed by atoms with E-state index in [1.807, 2.05) is 18.2 Å². The van der Waals surface area contributed by atoms with Gasteiger partial charge in [-0.3, -0.25) is 0 Å². The fourth-order valence-electron chi connectivity index (χ4n) is 3.17. The molecule has 1 aliphatic rings. The minimum absolute atomic E-state index is 0.110. The molecule has 0 bridgehead atoms. The number of halogens is 1. The van der Waals surface area contributed by atoms with E-state index in [2.05, 4.69) is 35.0 Å². The van der Waals surface area contributed by atoms with Gasteiger partial charge >= 0.3 is 0 Å². The number of hydrogen-bond acceptors (Lipinski definition) is 4. The van der Waals surface area contributed by atoms with Crippen LogP contribution in [0.15, 0.2) is 48.5 Å². The highest BCUT2D eigenvalue weighted by Gasteiger charge is 2.19. The van der Waals surface area contributed by atoms with Crippen LogP contribution in [0.1, 0.15) is 23.7 Å². The molecule has 1 heterocycles. The van der Waals surface area contributed by atoms with E-state index in [4.69, 9.17) is 16.3 Å². The standard InChI is InChI=1S/C21H24ClN3O/c1-24-11-13-25(14-12-24)10-9-20(17-5-3-2-4-6-17)26-21-15-19(22)8-7-18(21)16-23/h2-8,15,20H,9-14H2,1H3/t20-/m1/s1. The number of ether oxygens (including phenoxy) is 1. The second-order valence-corrected chi connectivity index (χ2v) is 7.14. The van der Waals surface area contributed by atoms with Gasteiger partial charge in [-0.05, 0) is 24.7 Å². The number of benzene rings is 2. The van der Waals surface area contributed by atoms with Crippen LogP contribution in [-0.2, 0) is 0 Å². The average molecular weight is 370 g/mol. The predicted octanol–water partition coefficient (Wildman–Crippen LogP) is 3.97. The van der Waals surface area contributed by atoms with Gasteiger partial charge in [-0.2, -0.15) is 5.26 Å². The third-order valence-corrected chi connectivity index (χ3v) is 5.04. The van der Waals surface area contributed by atoms with Crippen LogP contribution in [0.3, 0.4) is 0 Å². The second kappa shape index (κ2) is 9.05. The van der Waals surface area contributed by atoms with E-state index in [1.165, 1.54) is 0 Å². The Labute approximate surface area is 160 Å². The maximum atomic E-state index is 9.37. The minimum Gasteiger partial charge on any atom is -0.484 e. The molecule has 2 aromatic carbocycles. The van der Waals surface area contributed by atoms with Crippen molar-refractivity contribution in [2.24, 2.45) is 0 Å². The molecule has 0 aromatic heterocycles. The zero-order valence-corrected chi connectivity index (χ0v) is 15.8. The van der Waals surface area contributed by atoms with Gasteiger partial charge in [-0.25, -0.2) is 0 Å². The van der Waals surface area contributed by atoms with E-state index in [1.54, 1.807) is 18.2 Å². The number of likely N-dealkylation sites (N-methyl/N-ethyl adjacent to an activating group) is 1. The fraction of sp³-hybridized carbons (Fsp3) is 0.381. The number of rotatable bonds is 6. The van der Waals surface area contributed by atoms with Crippen LogP contribution in [0.5, 0.6) is 5.75 Å². The molecule has 136 valence electrons. The van der Waals surface area contributed by atoms with Crippen molar-refractivity contribution in [3.63, 3.8) is 0 Å². The van der Waals surface area contributed by atoms with Crippen molar-refractivity contribution < 1.29 is 4.74 Å². The molecule has 5 heteroatoms. The van der Waals surface area contributed by atoms with E-state index in [-0.39, 0.29) is 6.10 Å². The van der Waals surface area contributed by atoms with Gasteiger partial charge in [0.15, 0.2) is 0 Å². The SMILES string of the molecule is CN1CCN(CC[C@@H](Oc2cc(Cl)ccc2C#N)c2ccccc2)CC1. The summed E-state index contributed by atoms with van der Waals surface area (Å²) < 4.78 is 6.27. The summed E-state index contributed by atoms with van der Waals surface area (Å²) in [5, 5.41) is 9.94. The van der Waals surface area contributed by atoms with Crippen molar-refractivity contribution in [3.8, 4) is 11.8 Å². The predicted molar refractivity (Wildman–Crippen MR) is 105 cm³/mol. The molecule has 1 atom stereocenters. The fourth-order valence-corrected chi connectivity index (χ4v) is 3.33. The second-order valence-electron chi connectivity index (χ2n) is 6.70. The summed E-state index contributed by atoms with van der Waals surface area (Å²) in [7, 11) is 2.16. The van der Waals surface area contributed by atoms with Crippen molar-refractivity contribution in [3.05, 3.63) is 64.7 Å². The molecule has 0 amide bonds. The Hall–Kier alpha value is -2.06. The highest BCUT2D eigenvalue weighted by molar-refractivity contribution is 6.30. The van der Waals surface area contributed by atoms with E-state index in [0.717, 1.165) is 44.7 Å². The Morgan fingerprint density at radius 1 is 1.12 bits per heavy atom. The molecule has 4 nitrogen and oxygen atoms in total. The molecular weight excluding hydrogens is 346 g/mol. The summed E-state index contributed by atoms with van der Waals surface area (Å²) in [4.78, 5) is 4.83. The summed E-state index contributed by atoms with van der Waals surface area (Å²) >= 11 is 6.11. The summed E-state index contributed by atoms with van der Waals surface area (Å²) in [6.45, 7) is 5.33. The van der Waals surface area contributed by atoms with Crippen LogP contribution in [0.2, 0.25) is 5.02 Å². The normalized spacial score (nSPS) is 16.8. The number of hydrogen-bond donors (Lipinski definition) is 0. The molecule has 0 saturated carbocycles. The summed E-state index contributed by atoms with van der Waals surface area (Å²) in [6, 6.07) is 17.5. The van der Waals surface area contributed by atoms with Gasteiger partial charge in [0.1, 0.15) is 17.9 Å². The molecule has 3 rings (SSSR count). The molecular formula is C21H24ClN3O. The Kier molecular flexibility index (Phi) is 6.51. The number of piperazine rings is 1. The lowest BCUT2D eigenvalue weighted by Gasteiger charge is -2.33. The topological polar surface area (TPSA) is 39.5 Å². The molecule has 0 aliphatic carbocycles. The van der Waals surface area contributed by atoms with E-state index in [0.29, 0.717) is 16.3 Å².